The summed E-state index contributed by atoms with van der Waals surface area (Å²) in [5, 5.41) is 0. The van der Waals surface area contributed by atoms with Crippen molar-refractivity contribution in [2.45, 2.75) is 12.8 Å². The molecule has 0 saturated carbocycles. The van der Waals surface area contributed by atoms with Crippen molar-refractivity contribution in [1.82, 2.24) is 0 Å². The summed E-state index contributed by atoms with van der Waals surface area (Å²) in [6, 6.07) is 3.84. The predicted molar refractivity (Wildman–Crippen MR) is 53.8 cm³/mol. The Hall–Kier alpha value is -0.890. The molecule has 1 rings (SSSR count). The molecule has 0 radical (unpaired) electrons. The molecule has 0 bridgehead atoms. The van der Waals surface area contributed by atoms with Crippen molar-refractivity contribution in [3.05, 3.63) is 23.3 Å². The monoisotopic (exact) mass is 200 g/mol. The van der Waals surface area contributed by atoms with Crippen molar-refractivity contribution in [3.8, 4) is 11.5 Å². The Morgan fingerprint density at radius 1 is 1.15 bits per heavy atom. The Kier molecular flexibility index (Phi) is 3.43. The number of rotatable bonds is 3. The van der Waals surface area contributed by atoms with E-state index in [0.29, 0.717) is 5.88 Å². The van der Waals surface area contributed by atoms with E-state index in [0.717, 1.165) is 22.6 Å². The zero-order chi connectivity index (χ0) is 9.84. The standard InChI is InChI=1S/C10H13ClO2/c1-7-9(12-2)4-8(6-11)5-10(7)13-3/h4-5H,6H2,1-3H3. The van der Waals surface area contributed by atoms with E-state index in [1.807, 2.05) is 19.1 Å². The number of methoxy groups -OCH3 is 2. The van der Waals surface area contributed by atoms with Gasteiger partial charge in [0.1, 0.15) is 11.5 Å². The molecule has 1 aromatic carbocycles. The van der Waals surface area contributed by atoms with Crippen LogP contribution in [-0.2, 0) is 5.88 Å². The fourth-order valence-corrected chi connectivity index (χ4v) is 1.37. The normalized spacial score (nSPS) is 9.85. The number of ether oxygens (including phenoxy) is 2. The van der Waals surface area contributed by atoms with Crippen LogP contribution in [0.1, 0.15) is 11.1 Å². The van der Waals surface area contributed by atoms with E-state index in [4.69, 9.17) is 21.1 Å². The third kappa shape index (κ3) is 2.07. The maximum atomic E-state index is 5.73. The smallest absolute Gasteiger partial charge is 0.125 e. The lowest BCUT2D eigenvalue weighted by Gasteiger charge is -2.11. The van der Waals surface area contributed by atoms with Gasteiger partial charge in [0, 0.05) is 11.4 Å². The molecule has 0 unspecified atom stereocenters. The summed E-state index contributed by atoms with van der Waals surface area (Å²) in [7, 11) is 3.28. The summed E-state index contributed by atoms with van der Waals surface area (Å²) in [4.78, 5) is 0. The second kappa shape index (κ2) is 4.38. The Labute approximate surface area is 83.4 Å². The fraction of sp³-hybridized carbons (Fsp3) is 0.400. The van der Waals surface area contributed by atoms with Gasteiger partial charge in [0.15, 0.2) is 0 Å². The molecule has 0 spiro atoms. The molecule has 0 atom stereocenters. The third-order valence-electron chi connectivity index (χ3n) is 1.97. The molecule has 0 aliphatic rings. The van der Waals surface area contributed by atoms with E-state index in [2.05, 4.69) is 0 Å². The Morgan fingerprint density at radius 2 is 1.62 bits per heavy atom. The van der Waals surface area contributed by atoms with Crippen molar-refractivity contribution >= 4 is 11.6 Å². The lowest BCUT2D eigenvalue weighted by atomic mass is 10.1. The molecule has 0 N–H and O–H groups in total. The van der Waals surface area contributed by atoms with Gasteiger partial charge in [-0.15, -0.1) is 11.6 Å². The third-order valence-corrected chi connectivity index (χ3v) is 2.27. The lowest BCUT2D eigenvalue weighted by molar-refractivity contribution is 0.388. The summed E-state index contributed by atoms with van der Waals surface area (Å²) >= 11 is 5.73. The molecule has 72 valence electrons. The lowest BCUT2D eigenvalue weighted by Crippen LogP contribution is -1.94. The minimum absolute atomic E-state index is 0.465. The van der Waals surface area contributed by atoms with Crippen LogP contribution in [0, 0.1) is 6.92 Å². The van der Waals surface area contributed by atoms with Crippen LogP contribution in [-0.4, -0.2) is 14.2 Å². The van der Waals surface area contributed by atoms with Crippen LogP contribution >= 0.6 is 11.6 Å². The molecule has 13 heavy (non-hydrogen) atoms. The van der Waals surface area contributed by atoms with Gasteiger partial charge < -0.3 is 9.47 Å². The molecule has 3 heteroatoms. The molecule has 0 saturated heterocycles. The SMILES string of the molecule is COc1cc(CCl)cc(OC)c1C. The van der Waals surface area contributed by atoms with Gasteiger partial charge in [0.2, 0.25) is 0 Å². The topological polar surface area (TPSA) is 18.5 Å². The van der Waals surface area contributed by atoms with Gasteiger partial charge in [-0.05, 0) is 24.6 Å². The van der Waals surface area contributed by atoms with Crippen molar-refractivity contribution < 1.29 is 9.47 Å². The van der Waals surface area contributed by atoms with Crippen molar-refractivity contribution in [2.24, 2.45) is 0 Å². The van der Waals surface area contributed by atoms with Gasteiger partial charge in [0.25, 0.3) is 0 Å². The summed E-state index contributed by atoms with van der Waals surface area (Å²) in [5.41, 5.74) is 2.00. The largest absolute Gasteiger partial charge is 0.496 e. The first-order valence-corrected chi connectivity index (χ1v) is 4.53. The van der Waals surface area contributed by atoms with E-state index in [9.17, 15) is 0 Å². The number of alkyl halides is 1. The average molecular weight is 201 g/mol. The zero-order valence-electron chi connectivity index (χ0n) is 8.06. The second-order valence-corrected chi connectivity index (χ2v) is 3.03. The first-order chi connectivity index (χ1) is 6.22. The van der Waals surface area contributed by atoms with Crippen LogP contribution in [0.5, 0.6) is 11.5 Å². The molecular formula is C10H13ClO2. The van der Waals surface area contributed by atoms with Gasteiger partial charge in [-0.1, -0.05) is 0 Å². The van der Waals surface area contributed by atoms with Gasteiger partial charge in [0.05, 0.1) is 14.2 Å². The minimum atomic E-state index is 0.465. The summed E-state index contributed by atoms with van der Waals surface area (Å²) in [6.45, 7) is 1.95. The number of benzene rings is 1. The Bertz CT molecular complexity index is 272. The maximum Gasteiger partial charge on any atom is 0.125 e. The first kappa shape index (κ1) is 10.2. The van der Waals surface area contributed by atoms with E-state index in [1.165, 1.54) is 0 Å². The van der Waals surface area contributed by atoms with Crippen molar-refractivity contribution in [3.63, 3.8) is 0 Å². The molecule has 0 amide bonds. The molecule has 0 heterocycles. The highest BCUT2D eigenvalue weighted by molar-refractivity contribution is 6.17. The summed E-state index contributed by atoms with van der Waals surface area (Å²) < 4.78 is 10.4. The maximum absolute atomic E-state index is 5.73. The number of hydrogen-bond acceptors (Lipinski definition) is 2. The summed E-state index contributed by atoms with van der Waals surface area (Å²) in [5.74, 6) is 2.09. The van der Waals surface area contributed by atoms with Gasteiger partial charge in [-0.2, -0.15) is 0 Å². The highest BCUT2D eigenvalue weighted by Gasteiger charge is 2.07. The van der Waals surface area contributed by atoms with Gasteiger partial charge in [-0.25, -0.2) is 0 Å². The Morgan fingerprint density at radius 3 is 1.92 bits per heavy atom. The first-order valence-electron chi connectivity index (χ1n) is 4.00. The van der Waals surface area contributed by atoms with E-state index >= 15 is 0 Å². The molecule has 0 fully saturated rings. The van der Waals surface area contributed by atoms with Crippen LogP contribution in [0.3, 0.4) is 0 Å². The molecule has 1 aromatic rings. The van der Waals surface area contributed by atoms with Gasteiger partial charge >= 0.3 is 0 Å². The highest BCUT2D eigenvalue weighted by Crippen LogP contribution is 2.29. The minimum Gasteiger partial charge on any atom is -0.496 e. The molecule has 2 nitrogen and oxygen atoms in total. The van der Waals surface area contributed by atoms with Gasteiger partial charge in [-0.3, -0.25) is 0 Å². The molecule has 0 aliphatic carbocycles. The van der Waals surface area contributed by atoms with Crippen LogP contribution in [0.15, 0.2) is 12.1 Å². The molecule has 0 aliphatic heterocycles. The second-order valence-electron chi connectivity index (χ2n) is 2.76. The van der Waals surface area contributed by atoms with Crippen LogP contribution in [0.4, 0.5) is 0 Å². The highest BCUT2D eigenvalue weighted by atomic mass is 35.5. The molecular weight excluding hydrogens is 188 g/mol. The average Bonchev–Trinajstić information content (AvgIpc) is 2.18. The zero-order valence-corrected chi connectivity index (χ0v) is 8.81. The van der Waals surface area contributed by atoms with Crippen LogP contribution in [0.2, 0.25) is 0 Å². The fourth-order valence-electron chi connectivity index (χ4n) is 1.22. The summed E-state index contributed by atoms with van der Waals surface area (Å²) in [6.07, 6.45) is 0. The quantitative estimate of drug-likeness (QED) is 0.699. The van der Waals surface area contributed by atoms with Crippen LogP contribution in [0.25, 0.3) is 0 Å². The predicted octanol–water partition coefficient (Wildman–Crippen LogP) is 2.75. The number of hydrogen-bond donors (Lipinski definition) is 0. The van der Waals surface area contributed by atoms with E-state index < -0.39 is 0 Å². The van der Waals surface area contributed by atoms with Crippen molar-refractivity contribution in [1.29, 1.82) is 0 Å². The Balaban J connectivity index is 3.20. The number of halogens is 1. The van der Waals surface area contributed by atoms with E-state index in [-0.39, 0.29) is 0 Å². The van der Waals surface area contributed by atoms with Crippen LogP contribution < -0.4 is 9.47 Å². The molecule has 0 aromatic heterocycles. The van der Waals surface area contributed by atoms with Crippen molar-refractivity contribution in [2.75, 3.05) is 14.2 Å². The van der Waals surface area contributed by atoms with E-state index in [1.54, 1.807) is 14.2 Å².